The zero-order chi connectivity index (χ0) is 19.8. The van der Waals surface area contributed by atoms with Gasteiger partial charge in [0.1, 0.15) is 22.8 Å². The summed E-state index contributed by atoms with van der Waals surface area (Å²) in [6.07, 6.45) is 2.85. The highest BCUT2D eigenvalue weighted by Gasteiger charge is 2.41. The molecule has 1 amide bonds. The number of aliphatic imine (C=N–C) groups is 1. The number of carbonyl (C=O) groups excluding carboxylic acids is 1. The second kappa shape index (κ2) is 6.58. The van der Waals surface area contributed by atoms with E-state index < -0.39 is 21.5 Å². The quantitative estimate of drug-likeness (QED) is 0.765. The lowest BCUT2D eigenvalue weighted by atomic mass is 10.0. The molecule has 0 fully saturated rings. The Labute approximate surface area is 156 Å². The van der Waals surface area contributed by atoms with Gasteiger partial charge in [-0.05, 0) is 26.0 Å². The monoisotopic (exact) mass is 389 g/mol. The fraction of sp³-hybridized carbons (Fsp3) is 0.312. The number of pyridine rings is 1. The van der Waals surface area contributed by atoms with E-state index in [1.54, 1.807) is 32.0 Å². The third-order valence-electron chi connectivity index (χ3n) is 4.12. The number of guanidine groups is 1. The molecule has 0 saturated heterocycles. The predicted molar refractivity (Wildman–Crippen MR) is 99.5 cm³/mol. The molecule has 0 aliphatic carbocycles. The lowest BCUT2D eigenvalue weighted by molar-refractivity contribution is 0.102. The molecule has 142 valence electrons. The Morgan fingerprint density at radius 2 is 2.04 bits per heavy atom. The van der Waals surface area contributed by atoms with Crippen LogP contribution in [-0.2, 0) is 15.6 Å². The van der Waals surface area contributed by atoms with Crippen LogP contribution in [0.2, 0.25) is 0 Å². The highest BCUT2D eigenvalue weighted by Crippen LogP contribution is 2.31. The normalized spacial score (nSPS) is 21.4. The minimum Gasteiger partial charge on any atom is -0.369 e. The number of sulfonamides is 1. The van der Waals surface area contributed by atoms with Gasteiger partial charge in [-0.25, -0.2) is 27.7 Å². The van der Waals surface area contributed by atoms with Crippen molar-refractivity contribution >= 4 is 27.7 Å². The SMILES string of the molecule is Cc1cnc(C(=O)Nc2cccc([C@]3(C)CS(=O)(=O)N(C)C(N)=N3)n2)cn1. The highest BCUT2D eigenvalue weighted by molar-refractivity contribution is 7.89. The van der Waals surface area contributed by atoms with Gasteiger partial charge in [0, 0.05) is 13.2 Å². The molecule has 2 aromatic rings. The van der Waals surface area contributed by atoms with E-state index in [0.29, 0.717) is 11.4 Å². The van der Waals surface area contributed by atoms with Crippen molar-refractivity contribution in [1.82, 2.24) is 19.3 Å². The molecule has 1 aliphatic heterocycles. The van der Waals surface area contributed by atoms with E-state index in [2.05, 4.69) is 25.3 Å². The van der Waals surface area contributed by atoms with Crippen LogP contribution in [0.4, 0.5) is 5.82 Å². The molecule has 27 heavy (non-hydrogen) atoms. The fourth-order valence-corrected chi connectivity index (χ4v) is 4.02. The van der Waals surface area contributed by atoms with Crippen molar-refractivity contribution in [3.63, 3.8) is 0 Å². The van der Waals surface area contributed by atoms with Crippen LogP contribution in [0.1, 0.15) is 28.8 Å². The van der Waals surface area contributed by atoms with Crippen LogP contribution in [0, 0.1) is 6.92 Å². The summed E-state index contributed by atoms with van der Waals surface area (Å²) in [6, 6.07) is 4.88. The third-order valence-corrected chi connectivity index (χ3v) is 6.07. The number of hydrogen-bond acceptors (Lipinski definition) is 8. The number of amides is 1. The Balaban J connectivity index is 1.89. The van der Waals surface area contributed by atoms with E-state index >= 15 is 0 Å². The first-order chi connectivity index (χ1) is 12.6. The Morgan fingerprint density at radius 3 is 2.67 bits per heavy atom. The zero-order valence-electron chi connectivity index (χ0n) is 15.0. The topological polar surface area (TPSA) is 144 Å². The van der Waals surface area contributed by atoms with Crippen molar-refractivity contribution in [3.8, 4) is 0 Å². The van der Waals surface area contributed by atoms with Crippen molar-refractivity contribution in [3.05, 3.63) is 47.7 Å². The van der Waals surface area contributed by atoms with Crippen LogP contribution in [0.25, 0.3) is 0 Å². The molecule has 3 rings (SSSR count). The van der Waals surface area contributed by atoms with Crippen molar-refractivity contribution in [2.24, 2.45) is 10.7 Å². The number of aryl methyl sites for hydroxylation is 1. The first kappa shape index (κ1) is 18.7. The zero-order valence-corrected chi connectivity index (χ0v) is 15.9. The van der Waals surface area contributed by atoms with Crippen molar-refractivity contribution < 1.29 is 13.2 Å². The first-order valence-electron chi connectivity index (χ1n) is 8.00. The van der Waals surface area contributed by atoms with Gasteiger partial charge in [0.25, 0.3) is 5.91 Å². The molecule has 0 bridgehead atoms. The molecule has 1 atom stereocenters. The van der Waals surface area contributed by atoms with Gasteiger partial charge in [0.05, 0.1) is 17.6 Å². The summed E-state index contributed by atoms with van der Waals surface area (Å²) in [5, 5.41) is 2.62. The maximum absolute atomic E-state index is 12.3. The number of nitrogens with two attached hydrogens (primary N) is 1. The van der Waals surface area contributed by atoms with Gasteiger partial charge in [-0.15, -0.1) is 0 Å². The van der Waals surface area contributed by atoms with Gasteiger partial charge in [-0.2, -0.15) is 0 Å². The van der Waals surface area contributed by atoms with Crippen LogP contribution in [-0.4, -0.2) is 52.3 Å². The summed E-state index contributed by atoms with van der Waals surface area (Å²) in [4.78, 5) is 29.0. The van der Waals surface area contributed by atoms with Gasteiger partial charge in [0.2, 0.25) is 16.0 Å². The number of hydrogen-bond donors (Lipinski definition) is 2. The number of aromatic nitrogens is 3. The average molecular weight is 389 g/mol. The minimum atomic E-state index is -3.62. The van der Waals surface area contributed by atoms with Crippen molar-refractivity contribution in [1.29, 1.82) is 0 Å². The van der Waals surface area contributed by atoms with E-state index in [-0.39, 0.29) is 23.2 Å². The molecule has 2 aromatic heterocycles. The third kappa shape index (κ3) is 3.72. The largest absolute Gasteiger partial charge is 0.369 e. The molecule has 0 saturated carbocycles. The lowest BCUT2D eigenvalue weighted by Crippen LogP contribution is -2.50. The molecule has 10 nitrogen and oxygen atoms in total. The molecular weight excluding hydrogens is 370 g/mol. The van der Waals surface area contributed by atoms with Gasteiger partial charge in [-0.1, -0.05) is 6.07 Å². The average Bonchev–Trinajstić information content (AvgIpc) is 2.60. The summed E-state index contributed by atoms with van der Waals surface area (Å²) in [5.74, 6) is -0.636. The van der Waals surface area contributed by atoms with E-state index in [4.69, 9.17) is 5.73 Å². The standard InChI is InChI=1S/C16H19N7O3S/c1-10-7-19-11(8-18-10)14(24)21-13-6-4-5-12(20-13)16(2)9-27(25,26)23(3)15(17)22-16/h4-8H,9H2,1-3H3,(H2,17,22)(H,20,21,24)/t16-/m0/s1. The Hall–Kier alpha value is -3.08. The summed E-state index contributed by atoms with van der Waals surface area (Å²) < 4.78 is 25.6. The van der Waals surface area contributed by atoms with Gasteiger partial charge >= 0.3 is 0 Å². The molecule has 3 heterocycles. The van der Waals surface area contributed by atoms with Gasteiger partial charge in [0.15, 0.2) is 0 Å². The predicted octanol–water partition coefficient (Wildman–Crippen LogP) is 0.237. The number of rotatable bonds is 3. The smallest absolute Gasteiger partial charge is 0.277 e. The fourth-order valence-electron chi connectivity index (χ4n) is 2.58. The van der Waals surface area contributed by atoms with E-state index in [9.17, 15) is 13.2 Å². The second-order valence-corrected chi connectivity index (χ2v) is 8.37. The lowest BCUT2D eigenvalue weighted by Gasteiger charge is -2.33. The Morgan fingerprint density at radius 1 is 1.30 bits per heavy atom. The maximum atomic E-state index is 12.3. The van der Waals surface area contributed by atoms with E-state index in [1.807, 2.05) is 0 Å². The van der Waals surface area contributed by atoms with Crippen LogP contribution in [0.3, 0.4) is 0 Å². The summed E-state index contributed by atoms with van der Waals surface area (Å²) >= 11 is 0. The summed E-state index contributed by atoms with van der Waals surface area (Å²) in [5.41, 5.74) is 5.80. The molecule has 0 spiro atoms. The molecule has 1 aliphatic rings. The number of nitrogens with one attached hydrogen (secondary N) is 1. The van der Waals surface area contributed by atoms with Gasteiger partial charge < -0.3 is 11.1 Å². The van der Waals surface area contributed by atoms with Crippen LogP contribution < -0.4 is 11.1 Å². The minimum absolute atomic E-state index is 0.116. The molecule has 3 N–H and O–H groups in total. The van der Waals surface area contributed by atoms with E-state index in [0.717, 1.165) is 4.31 Å². The first-order valence-corrected chi connectivity index (χ1v) is 9.61. The number of nitrogens with zero attached hydrogens (tertiary/aromatic N) is 5. The molecule has 0 radical (unpaired) electrons. The van der Waals surface area contributed by atoms with Crippen LogP contribution >= 0.6 is 0 Å². The molecule has 11 heteroatoms. The maximum Gasteiger partial charge on any atom is 0.277 e. The molecule has 0 aromatic carbocycles. The summed E-state index contributed by atoms with van der Waals surface area (Å²) in [6.45, 7) is 3.39. The molecule has 0 unspecified atom stereocenters. The second-order valence-electron chi connectivity index (χ2n) is 6.37. The van der Waals surface area contributed by atoms with Crippen LogP contribution in [0.15, 0.2) is 35.6 Å². The molecular formula is C16H19N7O3S. The Bertz CT molecular complexity index is 1020. The summed E-state index contributed by atoms with van der Waals surface area (Å²) in [7, 11) is -2.27. The Kier molecular flexibility index (Phi) is 4.56. The number of anilines is 1. The van der Waals surface area contributed by atoms with Crippen molar-refractivity contribution in [2.45, 2.75) is 19.4 Å². The highest BCUT2D eigenvalue weighted by atomic mass is 32.2. The number of carbonyl (C=O) groups is 1. The van der Waals surface area contributed by atoms with E-state index in [1.165, 1.54) is 19.4 Å². The van der Waals surface area contributed by atoms with Crippen LogP contribution in [0.5, 0.6) is 0 Å². The van der Waals surface area contributed by atoms with Crippen molar-refractivity contribution in [2.75, 3.05) is 18.1 Å². The van der Waals surface area contributed by atoms with Gasteiger partial charge in [-0.3, -0.25) is 9.78 Å².